The Labute approximate surface area is 97.0 Å². The van der Waals surface area contributed by atoms with E-state index in [1.807, 2.05) is 13.8 Å². The third-order valence-electron chi connectivity index (χ3n) is 2.27. The van der Waals surface area contributed by atoms with Crippen molar-refractivity contribution in [2.75, 3.05) is 6.54 Å². The molecule has 0 spiro atoms. The van der Waals surface area contributed by atoms with Gasteiger partial charge in [-0.25, -0.2) is 4.39 Å². The Morgan fingerprint density at radius 1 is 1.47 bits per heavy atom. The van der Waals surface area contributed by atoms with E-state index in [-0.39, 0.29) is 10.6 Å². The van der Waals surface area contributed by atoms with E-state index in [0.717, 1.165) is 0 Å². The maximum absolute atomic E-state index is 13.5. The molecule has 1 aromatic carbocycles. The number of carbonyl (C=O) groups is 1. The summed E-state index contributed by atoms with van der Waals surface area (Å²) in [6.45, 7) is 4.15. The van der Waals surface area contributed by atoms with Crippen LogP contribution in [0.25, 0.3) is 0 Å². The maximum Gasteiger partial charge on any atom is 0.287 e. The highest BCUT2D eigenvalue weighted by atomic mass is 79.9. The van der Waals surface area contributed by atoms with Gasteiger partial charge in [-0.05, 0) is 11.6 Å². The molecule has 0 aliphatic heterocycles. The molecule has 1 rings (SSSR count). The number of hydrogen-bond acceptors (Lipinski definition) is 1. The lowest BCUT2D eigenvalue weighted by Crippen LogP contribution is -2.34. The predicted octanol–water partition coefficient (Wildman–Crippen LogP) is 3.21. The lowest BCUT2D eigenvalue weighted by atomic mass is 9.84. The largest absolute Gasteiger partial charge is 0.346 e. The number of halogens is 2. The Kier molecular flexibility index (Phi) is 3.85. The molecule has 82 valence electrons. The maximum atomic E-state index is 13.5. The SMILES string of the molecule is CC(C)(CNC(=O)Br)c1ccccc1F. The Morgan fingerprint density at radius 2 is 2.07 bits per heavy atom. The van der Waals surface area contributed by atoms with Crippen molar-refractivity contribution in [1.29, 1.82) is 0 Å². The smallest absolute Gasteiger partial charge is 0.287 e. The summed E-state index contributed by atoms with van der Waals surface area (Å²) in [4.78, 5) is 10.4. The number of nitrogens with one attached hydrogen (secondary N) is 1. The van der Waals surface area contributed by atoms with Crippen molar-refractivity contribution in [3.8, 4) is 0 Å². The Morgan fingerprint density at radius 3 is 2.60 bits per heavy atom. The first-order chi connectivity index (χ1) is 6.93. The highest BCUT2D eigenvalue weighted by molar-refractivity contribution is 9.18. The standard InChI is InChI=1S/C11H13BrFNO/c1-11(2,7-14-10(12)15)8-5-3-4-6-9(8)13/h3-6H,7H2,1-2H3,(H,14,15). The van der Waals surface area contributed by atoms with E-state index < -0.39 is 5.41 Å². The van der Waals surface area contributed by atoms with Crippen molar-refractivity contribution in [3.05, 3.63) is 35.6 Å². The minimum absolute atomic E-state index is 0.244. The summed E-state index contributed by atoms with van der Waals surface area (Å²) in [7, 11) is 0. The van der Waals surface area contributed by atoms with Crippen LogP contribution < -0.4 is 5.32 Å². The van der Waals surface area contributed by atoms with Gasteiger partial charge in [0.15, 0.2) is 0 Å². The van der Waals surface area contributed by atoms with Crippen molar-refractivity contribution < 1.29 is 9.18 Å². The van der Waals surface area contributed by atoms with E-state index in [1.165, 1.54) is 6.07 Å². The molecule has 0 atom stereocenters. The fourth-order valence-corrected chi connectivity index (χ4v) is 1.54. The van der Waals surface area contributed by atoms with Gasteiger partial charge in [-0.3, -0.25) is 4.79 Å². The zero-order chi connectivity index (χ0) is 11.5. The van der Waals surface area contributed by atoms with Crippen LogP contribution in [-0.4, -0.2) is 11.4 Å². The molecule has 0 aliphatic carbocycles. The first-order valence-corrected chi connectivity index (χ1v) is 5.41. The minimum atomic E-state index is -0.422. The van der Waals surface area contributed by atoms with Gasteiger partial charge in [0.05, 0.1) is 0 Å². The third-order valence-corrected chi connectivity index (χ3v) is 2.55. The predicted molar refractivity (Wildman–Crippen MR) is 61.8 cm³/mol. The number of carbonyl (C=O) groups excluding carboxylic acids is 1. The van der Waals surface area contributed by atoms with Crippen LogP contribution in [0.3, 0.4) is 0 Å². The number of amides is 1. The Balaban J connectivity index is 2.85. The Bertz CT molecular complexity index is 365. The fourth-order valence-electron chi connectivity index (χ4n) is 1.40. The van der Waals surface area contributed by atoms with Gasteiger partial charge < -0.3 is 5.32 Å². The Hall–Kier alpha value is -0.900. The molecule has 0 aliphatic rings. The molecule has 0 unspecified atom stereocenters. The second-order valence-corrected chi connectivity index (χ2v) is 4.71. The monoisotopic (exact) mass is 273 g/mol. The highest BCUT2D eigenvalue weighted by Crippen LogP contribution is 2.24. The van der Waals surface area contributed by atoms with E-state index in [4.69, 9.17) is 0 Å². The normalized spacial score (nSPS) is 11.2. The van der Waals surface area contributed by atoms with Gasteiger partial charge in [0.2, 0.25) is 0 Å². The molecule has 0 fully saturated rings. The summed E-state index contributed by atoms with van der Waals surface area (Å²) >= 11 is 2.77. The molecule has 0 heterocycles. The van der Waals surface area contributed by atoms with Gasteiger partial charge in [-0.1, -0.05) is 32.0 Å². The first-order valence-electron chi connectivity index (χ1n) is 4.62. The van der Waals surface area contributed by atoms with Crippen LogP contribution in [0.15, 0.2) is 24.3 Å². The molecule has 0 saturated heterocycles. The second-order valence-electron chi connectivity index (χ2n) is 3.99. The van der Waals surface area contributed by atoms with E-state index in [0.29, 0.717) is 12.1 Å². The lowest BCUT2D eigenvalue weighted by molar-refractivity contribution is 0.259. The molecule has 0 bridgehead atoms. The van der Waals surface area contributed by atoms with Crippen molar-refractivity contribution >= 4 is 20.7 Å². The van der Waals surface area contributed by atoms with Crippen molar-refractivity contribution in [2.24, 2.45) is 0 Å². The molecule has 0 radical (unpaired) electrons. The topological polar surface area (TPSA) is 29.1 Å². The quantitative estimate of drug-likeness (QED) is 0.665. The van der Waals surface area contributed by atoms with Crippen LogP contribution >= 0.6 is 15.9 Å². The summed E-state index contributed by atoms with van der Waals surface area (Å²) in [5.74, 6) is -0.244. The summed E-state index contributed by atoms with van der Waals surface area (Å²) < 4.78 is 13.5. The van der Waals surface area contributed by atoms with Gasteiger partial charge in [-0.2, -0.15) is 0 Å². The van der Waals surface area contributed by atoms with E-state index in [9.17, 15) is 9.18 Å². The molecule has 15 heavy (non-hydrogen) atoms. The van der Waals surface area contributed by atoms with E-state index in [2.05, 4.69) is 21.2 Å². The average molecular weight is 274 g/mol. The van der Waals surface area contributed by atoms with Crippen LogP contribution in [0.2, 0.25) is 0 Å². The van der Waals surface area contributed by atoms with Gasteiger partial charge in [-0.15, -0.1) is 0 Å². The summed E-state index contributed by atoms with van der Waals surface area (Å²) in [6.07, 6.45) is 0. The summed E-state index contributed by atoms with van der Waals surface area (Å²) in [5.41, 5.74) is 0.181. The second kappa shape index (κ2) is 4.75. The molecule has 1 aromatic rings. The van der Waals surface area contributed by atoms with Crippen molar-refractivity contribution in [3.63, 3.8) is 0 Å². The van der Waals surface area contributed by atoms with Crippen LogP contribution in [-0.2, 0) is 5.41 Å². The third kappa shape index (κ3) is 3.30. The molecule has 2 nitrogen and oxygen atoms in total. The van der Waals surface area contributed by atoms with E-state index >= 15 is 0 Å². The van der Waals surface area contributed by atoms with Gasteiger partial charge >= 0.3 is 0 Å². The first kappa shape index (κ1) is 12.2. The van der Waals surface area contributed by atoms with Crippen LogP contribution in [0.4, 0.5) is 9.18 Å². The molecule has 0 aromatic heterocycles. The molecule has 4 heteroatoms. The van der Waals surface area contributed by atoms with E-state index in [1.54, 1.807) is 18.2 Å². The van der Waals surface area contributed by atoms with Gasteiger partial charge in [0.1, 0.15) is 5.82 Å². The number of benzene rings is 1. The molecule has 1 amide bonds. The highest BCUT2D eigenvalue weighted by Gasteiger charge is 2.23. The number of hydrogen-bond donors (Lipinski definition) is 1. The molecular weight excluding hydrogens is 261 g/mol. The van der Waals surface area contributed by atoms with Crippen LogP contribution in [0.5, 0.6) is 0 Å². The summed E-state index contributed by atoms with van der Waals surface area (Å²) in [6, 6.07) is 6.59. The molecular formula is C11H13BrFNO. The van der Waals surface area contributed by atoms with Crippen molar-refractivity contribution in [1.82, 2.24) is 5.32 Å². The fraction of sp³-hybridized carbons (Fsp3) is 0.364. The van der Waals surface area contributed by atoms with Crippen LogP contribution in [0, 0.1) is 5.82 Å². The van der Waals surface area contributed by atoms with Gasteiger partial charge in [0, 0.05) is 27.9 Å². The lowest BCUT2D eigenvalue weighted by Gasteiger charge is -2.25. The molecule has 0 saturated carbocycles. The molecule has 1 N–H and O–H groups in total. The van der Waals surface area contributed by atoms with Crippen molar-refractivity contribution in [2.45, 2.75) is 19.3 Å². The van der Waals surface area contributed by atoms with Crippen LogP contribution in [0.1, 0.15) is 19.4 Å². The zero-order valence-corrected chi connectivity index (χ0v) is 10.3. The zero-order valence-electron chi connectivity index (χ0n) is 8.68. The van der Waals surface area contributed by atoms with Gasteiger partial charge in [0.25, 0.3) is 4.82 Å². The number of rotatable bonds is 3. The average Bonchev–Trinajstić information content (AvgIpc) is 2.15. The minimum Gasteiger partial charge on any atom is -0.346 e. The summed E-state index contributed by atoms with van der Waals surface area (Å²) in [5, 5.41) is 2.62.